The fourth-order valence-corrected chi connectivity index (χ4v) is 2.45. The second-order valence-electron chi connectivity index (χ2n) is 4.38. The van der Waals surface area contributed by atoms with Crippen LogP contribution in [-0.4, -0.2) is 5.91 Å². The van der Waals surface area contributed by atoms with E-state index >= 15 is 0 Å². The van der Waals surface area contributed by atoms with Gasteiger partial charge in [0.25, 0.3) is 5.91 Å². The van der Waals surface area contributed by atoms with Crippen LogP contribution >= 0.6 is 11.3 Å². The molecule has 19 heavy (non-hydrogen) atoms. The number of hydrogen-bond acceptors (Lipinski definition) is 3. The van der Waals surface area contributed by atoms with Gasteiger partial charge in [-0.1, -0.05) is 6.07 Å². The van der Waals surface area contributed by atoms with Crippen molar-refractivity contribution in [3.05, 3.63) is 51.5 Å². The van der Waals surface area contributed by atoms with Crippen molar-refractivity contribution >= 4 is 22.9 Å². The van der Waals surface area contributed by atoms with Gasteiger partial charge >= 0.3 is 0 Å². The van der Waals surface area contributed by atoms with Crippen molar-refractivity contribution in [3.8, 4) is 0 Å². The summed E-state index contributed by atoms with van der Waals surface area (Å²) < 4.78 is 13.6. The molecule has 3 nitrogen and oxygen atoms in total. The molecule has 1 aromatic carbocycles. The Kier molecular flexibility index (Phi) is 3.85. The first-order chi connectivity index (χ1) is 8.99. The Morgan fingerprint density at radius 2 is 2.21 bits per heavy atom. The molecule has 1 aromatic heterocycles. The summed E-state index contributed by atoms with van der Waals surface area (Å²) in [6.45, 7) is 3.47. The van der Waals surface area contributed by atoms with E-state index in [0.717, 1.165) is 4.88 Å². The number of carbonyl (C=O) groups is 1. The molecule has 1 heterocycles. The molecule has 2 aromatic rings. The summed E-state index contributed by atoms with van der Waals surface area (Å²) in [6.07, 6.45) is 0. The molecular weight excluding hydrogens is 263 g/mol. The normalized spacial score (nSPS) is 12.2. The molecule has 0 saturated carbocycles. The van der Waals surface area contributed by atoms with Gasteiger partial charge in [0.15, 0.2) is 0 Å². The SMILES string of the molecule is Cc1c(N)cc(C(=O)NC(C)c2cccs2)cc1F. The van der Waals surface area contributed by atoms with Gasteiger partial charge in [0, 0.05) is 21.7 Å². The van der Waals surface area contributed by atoms with Crippen molar-refractivity contribution in [2.45, 2.75) is 19.9 Å². The van der Waals surface area contributed by atoms with Crippen molar-refractivity contribution in [3.63, 3.8) is 0 Å². The van der Waals surface area contributed by atoms with E-state index in [4.69, 9.17) is 5.73 Å². The summed E-state index contributed by atoms with van der Waals surface area (Å²) in [5, 5.41) is 4.77. The fourth-order valence-electron chi connectivity index (χ4n) is 1.72. The minimum atomic E-state index is -0.464. The third kappa shape index (κ3) is 2.93. The van der Waals surface area contributed by atoms with E-state index in [1.54, 1.807) is 18.3 Å². The highest BCUT2D eigenvalue weighted by Gasteiger charge is 2.14. The Labute approximate surface area is 115 Å². The first-order valence-electron chi connectivity index (χ1n) is 5.89. The Bertz CT molecular complexity index is 572. The van der Waals surface area contributed by atoms with Gasteiger partial charge in [0.1, 0.15) is 5.82 Å². The molecule has 100 valence electrons. The summed E-state index contributed by atoms with van der Waals surface area (Å²) in [5.41, 5.74) is 6.56. The van der Waals surface area contributed by atoms with Crippen molar-refractivity contribution in [1.82, 2.24) is 5.32 Å². The Balaban J connectivity index is 2.16. The lowest BCUT2D eigenvalue weighted by Gasteiger charge is -2.13. The number of nitrogens with two attached hydrogens (primary N) is 1. The summed E-state index contributed by atoms with van der Waals surface area (Å²) in [6, 6.07) is 6.46. The Morgan fingerprint density at radius 3 is 2.79 bits per heavy atom. The molecule has 1 amide bonds. The lowest BCUT2D eigenvalue weighted by atomic mass is 10.1. The van der Waals surface area contributed by atoms with E-state index in [-0.39, 0.29) is 23.2 Å². The molecule has 0 bridgehead atoms. The summed E-state index contributed by atoms with van der Waals surface area (Å²) in [7, 11) is 0. The summed E-state index contributed by atoms with van der Waals surface area (Å²) >= 11 is 1.56. The molecule has 0 saturated heterocycles. The highest BCUT2D eigenvalue weighted by molar-refractivity contribution is 7.10. The summed E-state index contributed by atoms with van der Waals surface area (Å²) in [4.78, 5) is 13.1. The third-order valence-electron chi connectivity index (χ3n) is 2.96. The maximum atomic E-state index is 13.6. The molecule has 1 unspecified atom stereocenters. The van der Waals surface area contributed by atoms with Crippen LogP contribution in [0.4, 0.5) is 10.1 Å². The van der Waals surface area contributed by atoms with E-state index in [1.165, 1.54) is 12.1 Å². The average Bonchev–Trinajstić information content (AvgIpc) is 2.89. The number of anilines is 1. The fraction of sp³-hybridized carbons (Fsp3) is 0.214. The number of thiophene rings is 1. The minimum Gasteiger partial charge on any atom is -0.398 e. The first kappa shape index (κ1) is 13.5. The van der Waals surface area contributed by atoms with Crippen LogP contribution in [0.2, 0.25) is 0 Å². The van der Waals surface area contributed by atoms with Gasteiger partial charge in [-0.15, -0.1) is 11.3 Å². The van der Waals surface area contributed by atoms with E-state index in [9.17, 15) is 9.18 Å². The molecule has 0 spiro atoms. The van der Waals surface area contributed by atoms with Crippen LogP contribution < -0.4 is 11.1 Å². The Hall–Kier alpha value is -1.88. The standard InChI is InChI=1S/C14H15FN2OS/c1-8-11(15)6-10(7-12(8)16)14(18)17-9(2)13-4-3-5-19-13/h3-7,9H,16H2,1-2H3,(H,17,18). The van der Waals surface area contributed by atoms with Gasteiger partial charge in [0.05, 0.1) is 6.04 Å². The molecule has 2 rings (SSSR count). The second kappa shape index (κ2) is 5.40. The number of hydrogen-bond donors (Lipinski definition) is 2. The number of amides is 1. The molecule has 0 radical (unpaired) electrons. The molecule has 0 aliphatic rings. The van der Waals surface area contributed by atoms with E-state index in [1.807, 2.05) is 24.4 Å². The quantitative estimate of drug-likeness (QED) is 0.847. The van der Waals surface area contributed by atoms with E-state index in [2.05, 4.69) is 5.32 Å². The number of rotatable bonds is 3. The highest BCUT2D eigenvalue weighted by Crippen LogP contribution is 2.21. The molecule has 0 aliphatic carbocycles. The molecule has 1 atom stereocenters. The first-order valence-corrected chi connectivity index (χ1v) is 6.77. The van der Waals surface area contributed by atoms with Gasteiger partial charge in [-0.25, -0.2) is 4.39 Å². The summed E-state index contributed by atoms with van der Waals surface area (Å²) in [5.74, 6) is -0.791. The van der Waals surface area contributed by atoms with Crippen LogP contribution in [0.25, 0.3) is 0 Å². The third-order valence-corrected chi connectivity index (χ3v) is 4.02. The van der Waals surface area contributed by atoms with Gasteiger partial charge in [-0.05, 0) is 37.4 Å². The van der Waals surface area contributed by atoms with Gasteiger partial charge in [-0.3, -0.25) is 4.79 Å². The average molecular weight is 278 g/mol. The smallest absolute Gasteiger partial charge is 0.251 e. The van der Waals surface area contributed by atoms with Crippen LogP contribution in [0.15, 0.2) is 29.6 Å². The van der Waals surface area contributed by atoms with Crippen molar-refractivity contribution in [2.24, 2.45) is 0 Å². The number of nitrogen functional groups attached to an aromatic ring is 1. The predicted octanol–water partition coefficient (Wildman–Crippen LogP) is 3.27. The maximum Gasteiger partial charge on any atom is 0.251 e. The van der Waals surface area contributed by atoms with Gasteiger partial charge in [0.2, 0.25) is 0 Å². The van der Waals surface area contributed by atoms with E-state index in [0.29, 0.717) is 5.56 Å². The zero-order valence-corrected chi connectivity index (χ0v) is 11.6. The van der Waals surface area contributed by atoms with Crippen LogP contribution in [0.5, 0.6) is 0 Å². The van der Waals surface area contributed by atoms with Crippen LogP contribution in [-0.2, 0) is 0 Å². The maximum absolute atomic E-state index is 13.6. The molecule has 3 N–H and O–H groups in total. The number of carbonyl (C=O) groups excluding carboxylic acids is 1. The molecule has 0 fully saturated rings. The lowest BCUT2D eigenvalue weighted by molar-refractivity contribution is 0.0940. The zero-order valence-electron chi connectivity index (χ0n) is 10.7. The van der Waals surface area contributed by atoms with Crippen molar-refractivity contribution < 1.29 is 9.18 Å². The van der Waals surface area contributed by atoms with E-state index < -0.39 is 5.82 Å². The van der Waals surface area contributed by atoms with Crippen molar-refractivity contribution in [2.75, 3.05) is 5.73 Å². The monoisotopic (exact) mass is 278 g/mol. The lowest BCUT2D eigenvalue weighted by Crippen LogP contribution is -2.26. The number of nitrogens with one attached hydrogen (secondary N) is 1. The van der Waals surface area contributed by atoms with Crippen LogP contribution in [0.1, 0.15) is 33.8 Å². The largest absolute Gasteiger partial charge is 0.398 e. The molecule has 0 aliphatic heterocycles. The zero-order chi connectivity index (χ0) is 14.0. The van der Waals surface area contributed by atoms with Crippen LogP contribution in [0, 0.1) is 12.7 Å². The van der Waals surface area contributed by atoms with Gasteiger partial charge < -0.3 is 11.1 Å². The molecule has 5 heteroatoms. The molecular formula is C14H15FN2OS. The number of benzene rings is 1. The number of halogens is 1. The predicted molar refractivity (Wildman–Crippen MR) is 75.7 cm³/mol. The van der Waals surface area contributed by atoms with Crippen molar-refractivity contribution in [1.29, 1.82) is 0 Å². The second-order valence-corrected chi connectivity index (χ2v) is 5.36. The van der Waals surface area contributed by atoms with Crippen LogP contribution in [0.3, 0.4) is 0 Å². The van der Waals surface area contributed by atoms with Gasteiger partial charge in [-0.2, -0.15) is 0 Å². The minimum absolute atomic E-state index is 0.113. The highest BCUT2D eigenvalue weighted by atomic mass is 32.1. The topological polar surface area (TPSA) is 55.1 Å². The Morgan fingerprint density at radius 1 is 1.47 bits per heavy atom.